The summed E-state index contributed by atoms with van der Waals surface area (Å²) in [6.07, 6.45) is 0. The van der Waals surface area contributed by atoms with E-state index < -0.39 is 5.91 Å². The second-order valence-corrected chi connectivity index (χ2v) is 4.81. The van der Waals surface area contributed by atoms with Crippen molar-refractivity contribution in [3.63, 3.8) is 0 Å². The predicted octanol–water partition coefficient (Wildman–Crippen LogP) is 3.70. The summed E-state index contributed by atoms with van der Waals surface area (Å²) in [4.78, 5) is 12.1. The van der Waals surface area contributed by atoms with Crippen molar-refractivity contribution >= 4 is 40.5 Å². The average Bonchev–Trinajstić information content (AvgIpc) is 2.41. The number of benzene rings is 2. The van der Waals surface area contributed by atoms with E-state index in [1.165, 1.54) is 18.2 Å². The fourth-order valence-corrected chi connectivity index (χ4v) is 2.04. The highest BCUT2D eigenvalue weighted by atomic mass is 35.5. The minimum Gasteiger partial charge on any atom is -0.399 e. The summed E-state index contributed by atoms with van der Waals surface area (Å²) < 4.78 is 0. The van der Waals surface area contributed by atoms with Crippen molar-refractivity contribution in [1.82, 2.24) is 0 Å². The molecular weight excluding hydrogens is 297 g/mol. The number of nitrogens with zero attached hydrogens (tertiary/aromatic N) is 1. The highest BCUT2D eigenvalue weighted by molar-refractivity contribution is 6.36. The molecule has 0 atom stereocenters. The Kier molecular flexibility index (Phi) is 4.14. The van der Waals surface area contributed by atoms with Crippen LogP contribution in [0, 0.1) is 11.3 Å². The number of hydrogen-bond acceptors (Lipinski definition) is 3. The van der Waals surface area contributed by atoms with Crippen LogP contribution in [0.3, 0.4) is 0 Å². The van der Waals surface area contributed by atoms with E-state index in [9.17, 15) is 4.79 Å². The summed E-state index contributed by atoms with van der Waals surface area (Å²) in [5.41, 5.74) is 7.06. The third-order valence-electron chi connectivity index (χ3n) is 2.58. The fourth-order valence-electron chi connectivity index (χ4n) is 1.60. The Morgan fingerprint density at radius 1 is 1.15 bits per heavy atom. The molecule has 0 aliphatic carbocycles. The van der Waals surface area contributed by atoms with E-state index in [1.807, 2.05) is 6.07 Å². The third kappa shape index (κ3) is 3.02. The first kappa shape index (κ1) is 14.2. The normalized spacial score (nSPS) is 9.85. The second kappa shape index (κ2) is 5.83. The van der Waals surface area contributed by atoms with Gasteiger partial charge in [0.25, 0.3) is 5.91 Å². The Morgan fingerprint density at radius 2 is 1.90 bits per heavy atom. The molecule has 3 N–H and O–H groups in total. The minimum atomic E-state index is -0.424. The molecule has 2 aromatic rings. The molecule has 20 heavy (non-hydrogen) atoms. The van der Waals surface area contributed by atoms with Crippen molar-refractivity contribution in [2.24, 2.45) is 0 Å². The highest BCUT2D eigenvalue weighted by Gasteiger charge is 2.12. The number of nitrogen functional groups attached to an aromatic ring is 1. The largest absolute Gasteiger partial charge is 0.399 e. The van der Waals surface area contributed by atoms with E-state index in [-0.39, 0.29) is 10.6 Å². The molecule has 4 nitrogen and oxygen atoms in total. The number of rotatable bonds is 2. The summed E-state index contributed by atoms with van der Waals surface area (Å²) in [5, 5.41) is 12.0. The molecule has 0 heterocycles. The molecule has 0 radical (unpaired) electrons. The molecule has 1 amide bonds. The Bertz CT molecular complexity index is 723. The van der Waals surface area contributed by atoms with Gasteiger partial charge in [-0.2, -0.15) is 5.26 Å². The maximum absolute atomic E-state index is 12.1. The number of carbonyl (C=O) groups is 1. The highest BCUT2D eigenvalue weighted by Crippen LogP contribution is 2.25. The molecule has 6 heteroatoms. The van der Waals surface area contributed by atoms with E-state index >= 15 is 0 Å². The van der Waals surface area contributed by atoms with Gasteiger partial charge < -0.3 is 11.1 Å². The molecule has 2 aromatic carbocycles. The van der Waals surface area contributed by atoms with Gasteiger partial charge in [0, 0.05) is 5.69 Å². The first-order valence-corrected chi connectivity index (χ1v) is 6.33. The zero-order chi connectivity index (χ0) is 14.7. The number of nitrogens with two attached hydrogens (primary N) is 1. The average molecular weight is 306 g/mol. The number of amides is 1. The van der Waals surface area contributed by atoms with Gasteiger partial charge in [0.2, 0.25) is 0 Å². The van der Waals surface area contributed by atoms with Crippen LogP contribution in [0.25, 0.3) is 0 Å². The molecule has 0 aromatic heterocycles. The minimum absolute atomic E-state index is 0.245. The molecule has 0 bridgehead atoms. The van der Waals surface area contributed by atoms with Crippen LogP contribution in [0.2, 0.25) is 10.0 Å². The zero-order valence-electron chi connectivity index (χ0n) is 10.2. The van der Waals surface area contributed by atoms with E-state index in [4.69, 9.17) is 34.2 Å². The Labute approximate surface area is 125 Å². The summed E-state index contributed by atoms with van der Waals surface area (Å²) in [6, 6.07) is 11.2. The van der Waals surface area contributed by atoms with Gasteiger partial charge in [-0.05, 0) is 36.4 Å². The first-order chi connectivity index (χ1) is 9.51. The Morgan fingerprint density at radius 3 is 2.55 bits per heavy atom. The summed E-state index contributed by atoms with van der Waals surface area (Å²) in [7, 11) is 0. The van der Waals surface area contributed by atoms with Crippen molar-refractivity contribution in [2.45, 2.75) is 0 Å². The SMILES string of the molecule is N#Cc1ccc(Cl)c(NC(=O)c2ccc(N)cc2Cl)c1. The molecule has 0 saturated carbocycles. The first-order valence-electron chi connectivity index (χ1n) is 5.57. The number of nitrogens with one attached hydrogen (secondary N) is 1. The molecule has 2 rings (SSSR count). The number of carbonyl (C=O) groups excluding carboxylic acids is 1. The summed E-state index contributed by atoms with van der Waals surface area (Å²) >= 11 is 11.9. The second-order valence-electron chi connectivity index (χ2n) is 4.00. The van der Waals surface area contributed by atoms with Crippen LogP contribution in [0.5, 0.6) is 0 Å². The van der Waals surface area contributed by atoms with E-state index in [1.54, 1.807) is 18.2 Å². The van der Waals surface area contributed by atoms with Crippen LogP contribution in [0.4, 0.5) is 11.4 Å². The molecule has 0 spiro atoms. The fraction of sp³-hybridized carbons (Fsp3) is 0. The number of anilines is 2. The van der Waals surface area contributed by atoms with E-state index in [0.717, 1.165) is 0 Å². The lowest BCUT2D eigenvalue weighted by atomic mass is 10.1. The van der Waals surface area contributed by atoms with Gasteiger partial charge in [0.05, 0.1) is 32.9 Å². The van der Waals surface area contributed by atoms with E-state index in [0.29, 0.717) is 22.0 Å². The van der Waals surface area contributed by atoms with Gasteiger partial charge in [0.15, 0.2) is 0 Å². The quantitative estimate of drug-likeness (QED) is 0.830. The van der Waals surface area contributed by atoms with Crippen molar-refractivity contribution < 1.29 is 4.79 Å². The Hall–Kier alpha value is -2.22. The standard InChI is InChI=1S/C14H9Cl2N3O/c15-11-4-1-8(7-17)5-13(11)19-14(20)10-3-2-9(18)6-12(10)16/h1-6H,18H2,(H,19,20). The maximum atomic E-state index is 12.1. The van der Waals surface area contributed by atoms with Crippen molar-refractivity contribution in [1.29, 1.82) is 5.26 Å². The number of nitriles is 1. The van der Waals surface area contributed by atoms with Crippen LogP contribution in [0.1, 0.15) is 15.9 Å². The van der Waals surface area contributed by atoms with Crippen LogP contribution < -0.4 is 11.1 Å². The monoisotopic (exact) mass is 305 g/mol. The maximum Gasteiger partial charge on any atom is 0.257 e. The van der Waals surface area contributed by atoms with Gasteiger partial charge in [-0.25, -0.2) is 0 Å². The number of hydrogen-bond donors (Lipinski definition) is 2. The van der Waals surface area contributed by atoms with Crippen LogP contribution in [-0.4, -0.2) is 5.91 Å². The lowest BCUT2D eigenvalue weighted by Gasteiger charge is -2.09. The lowest BCUT2D eigenvalue weighted by Crippen LogP contribution is -2.13. The molecule has 0 unspecified atom stereocenters. The van der Waals surface area contributed by atoms with Crippen LogP contribution >= 0.6 is 23.2 Å². The topological polar surface area (TPSA) is 78.9 Å². The molecular formula is C14H9Cl2N3O. The van der Waals surface area contributed by atoms with Gasteiger partial charge in [0.1, 0.15) is 0 Å². The summed E-state index contributed by atoms with van der Waals surface area (Å²) in [5.74, 6) is -0.424. The van der Waals surface area contributed by atoms with Gasteiger partial charge in [-0.3, -0.25) is 4.79 Å². The third-order valence-corrected chi connectivity index (χ3v) is 3.22. The molecule has 0 aliphatic rings. The van der Waals surface area contributed by atoms with Crippen molar-refractivity contribution in [3.05, 3.63) is 57.6 Å². The Balaban J connectivity index is 2.30. The zero-order valence-corrected chi connectivity index (χ0v) is 11.7. The molecule has 100 valence electrons. The van der Waals surface area contributed by atoms with Crippen molar-refractivity contribution in [3.8, 4) is 6.07 Å². The molecule has 0 fully saturated rings. The number of halogens is 2. The van der Waals surface area contributed by atoms with E-state index in [2.05, 4.69) is 5.32 Å². The van der Waals surface area contributed by atoms with Gasteiger partial charge in [-0.1, -0.05) is 23.2 Å². The van der Waals surface area contributed by atoms with Crippen LogP contribution in [-0.2, 0) is 0 Å². The molecule has 0 aliphatic heterocycles. The van der Waals surface area contributed by atoms with Gasteiger partial charge in [-0.15, -0.1) is 0 Å². The smallest absolute Gasteiger partial charge is 0.257 e. The van der Waals surface area contributed by atoms with Gasteiger partial charge >= 0.3 is 0 Å². The summed E-state index contributed by atoms with van der Waals surface area (Å²) in [6.45, 7) is 0. The lowest BCUT2D eigenvalue weighted by molar-refractivity contribution is 0.102. The van der Waals surface area contributed by atoms with Crippen molar-refractivity contribution in [2.75, 3.05) is 11.1 Å². The predicted molar refractivity (Wildman–Crippen MR) is 80.0 cm³/mol. The molecule has 0 saturated heterocycles. The van der Waals surface area contributed by atoms with Crippen LogP contribution in [0.15, 0.2) is 36.4 Å².